The zero-order chi connectivity index (χ0) is 19.5. The molecule has 3 aromatic rings. The van der Waals surface area contributed by atoms with Crippen LogP contribution in [0.2, 0.25) is 0 Å². The Labute approximate surface area is 165 Å². The van der Waals surface area contributed by atoms with Crippen molar-refractivity contribution in [1.82, 2.24) is 4.98 Å². The average molecular weight is 380 g/mol. The summed E-state index contributed by atoms with van der Waals surface area (Å²) in [4.78, 5) is 20.2. The summed E-state index contributed by atoms with van der Waals surface area (Å²) in [7, 11) is 1.63. The molecule has 5 heteroatoms. The van der Waals surface area contributed by atoms with Gasteiger partial charge < -0.3 is 19.5 Å². The van der Waals surface area contributed by atoms with Gasteiger partial charge in [-0.1, -0.05) is 30.3 Å². The van der Waals surface area contributed by atoms with Crippen molar-refractivity contribution < 1.29 is 14.5 Å². The summed E-state index contributed by atoms with van der Waals surface area (Å²) in [5.41, 5.74) is 3.85. The van der Waals surface area contributed by atoms with Gasteiger partial charge in [0.15, 0.2) is 5.43 Å². The van der Waals surface area contributed by atoms with E-state index < -0.39 is 0 Å². The van der Waals surface area contributed by atoms with Crippen LogP contribution in [0.15, 0.2) is 53.3 Å². The van der Waals surface area contributed by atoms with E-state index in [4.69, 9.17) is 4.74 Å². The number of H-pyrrole nitrogens is 1. The summed E-state index contributed by atoms with van der Waals surface area (Å²) >= 11 is 0. The predicted octanol–water partition coefficient (Wildman–Crippen LogP) is 0.507. The first-order chi connectivity index (χ1) is 13.7. The highest BCUT2D eigenvalue weighted by atomic mass is 16.5. The molecule has 0 saturated carbocycles. The van der Waals surface area contributed by atoms with Crippen LogP contribution >= 0.6 is 0 Å². The normalized spacial score (nSPS) is 19.6. The topological polar surface area (TPSA) is 51.0 Å². The molecular formula is C23H29N3O2+2. The molecule has 1 fully saturated rings. The van der Waals surface area contributed by atoms with E-state index >= 15 is 0 Å². The van der Waals surface area contributed by atoms with Crippen LogP contribution in [0.3, 0.4) is 0 Å². The molecule has 1 saturated heterocycles. The van der Waals surface area contributed by atoms with Crippen LogP contribution in [0.5, 0.6) is 5.75 Å². The molecular weight excluding hydrogens is 350 g/mol. The van der Waals surface area contributed by atoms with Gasteiger partial charge in [0.2, 0.25) is 0 Å². The van der Waals surface area contributed by atoms with Crippen molar-refractivity contribution >= 4 is 10.9 Å². The van der Waals surface area contributed by atoms with Crippen LogP contribution in [0.25, 0.3) is 22.2 Å². The molecule has 0 spiro atoms. The number of methoxy groups -OCH3 is 1. The Morgan fingerprint density at radius 2 is 1.71 bits per heavy atom. The van der Waals surface area contributed by atoms with Gasteiger partial charge >= 0.3 is 0 Å². The van der Waals surface area contributed by atoms with Gasteiger partial charge in [0.05, 0.1) is 30.4 Å². The highest BCUT2D eigenvalue weighted by molar-refractivity contribution is 5.84. The van der Waals surface area contributed by atoms with E-state index in [9.17, 15) is 4.79 Å². The number of fused-ring (bicyclic) bond motifs is 1. The van der Waals surface area contributed by atoms with E-state index in [1.54, 1.807) is 12.0 Å². The fourth-order valence-corrected chi connectivity index (χ4v) is 4.19. The van der Waals surface area contributed by atoms with Crippen molar-refractivity contribution in [3.63, 3.8) is 0 Å². The summed E-state index contributed by atoms with van der Waals surface area (Å²) in [6, 6.07) is 15.9. The fourth-order valence-electron chi connectivity index (χ4n) is 4.19. The summed E-state index contributed by atoms with van der Waals surface area (Å²) in [6.07, 6.45) is 0. The number of aromatic amines is 1. The summed E-state index contributed by atoms with van der Waals surface area (Å²) in [5.74, 6) is 0.712. The minimum atomic E-state index is 0.115. The number of pyridine rings is 1. The molecule has 146 valence electrons. The lowest BCUT2D eigenvalue weighted by Crippen LogP contribution is -3.27. The molecule has 0 amide bonds. The monoisotopic (exact) mass is 379 g/mol. The minimum absolute atomic E-state index is 0.115. The van der Waals surface area contributed by atoms with Gasteiger partial charge in [0.1, 0.15) is 38.5 Å². The van der Waals surface area contributed by atoms with Crippen molar-refractivity contribution in [3.8, 4) is 17.0 Å². The van der Waals surface area contributed by atoms with E-state index in [-0.39, 0.29) is 5.43 Å². The number of likely N-dealkylation sites (N-methyl/N-ethyl adjacent to an activating group) is 1. The molecule has 0 radical (unpaired) electrons. The van der Waals surface area contributed by atoms with Crippen LogP contribution < -0.4 is 20.0 Å². The van der Waals surface area contributed by atoms with Crippen LogP contribution in [-0.4, -0.2) is 44.8 Å². The van der Waals surface area contributed by atoms with E-state index in [2.05, 4.69) is 24.0 Å². The maximum atomic E-state index is 13.5. The molecule has 2 aromatic carbocycles. The number of benzene rings is 2. The molecule has 0 aliphatic carbocycles. The van der Waals surface area contributed by atoms with Crippen LogP contribution in [0.1, 0.15) is 12.5 Å². The molecule has 0 bridgehead atoms. The molecule has 1 aromatic heterocycles. The number of rotatable bonds is 5. The number of ether oxygens (including phenoxy) is 1. The Kier molecular flexibility index (Phi) is 5.46. The molecule has 1 aliphatic heterocycles. The Morgan fingerprint density at radius 1 is 1.00 bits per heavy atom. The van der Waals surface area contributed by atoms with E-state index in [0.717, 1.165) is 42.0 Å². The van der Waals surface area contributed by atoms with Gasteiger partial charge in [-0.3, -0.25) is 4.79 Å². The Hall–Kier alpha value is -2.63. The van der Waals surface area contributed by atoms with Crippen molar-refractivity contribution in [2.45, 2.75) is 13.5 Å². The smallest absolute Gasteiger partial charge is 0.199 e. The molecule has 3 N–H and O–H groups in total. The lowest BCUT2D eigenvalue weighted by atomic mass is 10.0. The van der Waals surface area contributed by atoms with Gasteiger partial charge in [-0.25, -0.2) is 0 Å². The molecule has 1 aliphatic rings. The molecule has 0 unspecified atom stereocenters. The molecule has 4 rings (SSSR count). The molecule has 2 heterocycles. The number of hydrogen-bond donors (Lipinski definition) is 3. The van der Waals surface area contributed by atoms with Gasteiger partial charge in [0.25, 0.3) is 0 Å². The van der Waals surface area contributed by atoms with Crippen molar-refractivity contribution in [1.29, 1.82) is 0 Å². The average Bonchev–Trinajstić information content (AvgIpc) is 2.76. The van der Waals surface area contributed by atoms with Crippen LogP contribution in [-0.2, 0) is 6.54 Å². The largest absolute Gasteiger partial charge is 0.497 e. The SMILES string of the molecule is CC[NH+]1CC[NH+](Cc2c(-c3ccccc3)[nH]c3ccc(OC)cc3c2=O)CC1. The number of aromatic nitrogens is 1. The first-order valence-corrected chi connectivity index (χ1v) is 10.1. The first-order valence-electron chi connectivity index (χ1n) is 10.1. The summed E-state index contributed by atoms with van der Waals surface area (Å²) < 4.78 is 5.35. The third-order valence-electron chi connectivity index (χ3n) is 5.96. The lowest BCUT2D eigenvalue weighted by molar-refractivity contribution is -1.02. The van der Waals surface area contributed by atoms with E-state index in [0.29, 0.717) is 11.1 Å². The van der Waals surface area contributed by atoms with Crippen LogP contribution in [0, 0.1) is 0 Å². The lowest BCUT2D eigenvalue weighted by Gasteiger charge is -2.29. The summed E-state index contributed by atoms with van der Waals surface area (Å²) in [5, 5.41) is 0.700. The van der Waals surface area contributed by atoms with Gasteiger partial charge in [-0.05, 0) is 30.7 Å². The Bertz CT molecular complexity index is 1010. The zero-order valence-corrected chi connectivity index (χ0v) is 16.7. The van der Waals surface area contributed by atoms with Crippen molar-refractivity contribution in [2.24, 2.45) is 0 Å². The Morgan fingerprint density at radius 3 is 2.39 bits per heavy atom. The minimum Gasteiger partial charge on any atom is -0.497 e. The number of hydrogen-bond acceptors (Lipinski definition) is 2. The Balaban J connectivity index is 1.79. The van der Waals surface area contributed by atoms with E-state index in [1.165, 1.54) is 24.5 Å². The van der Waals surface area contributed by atoms with Gasteiger partial charge in [-0.15, -0.1) is 0 Å². The number of nitrogens with one attached hydrogen (secondary N) is 3. The van der Waals surface area contributed by atoms with E-state index in [1.807, 2.05) is 36.4 Å². The van der Waals surface area contributed by atoms with Gasteiger partial charge in [-0.2, -0.15) is 0 Å². The van der Waals surface area contributed by atoms with Crippen molar-refractivity contribution in [2.75, 3.05) is 39.8 Å². The standard InChI is InChI=1S/C23H27N3O2/c1-3-25-11-13-26(14-12-25)16-20-22(17-7-5-4-6-8-17)24-21-10-9-18(28-2)15-19(21)23(20)27/h4-10,15H,3,11-14,16H2,1-2H3,(H,24,27)/p+2. The fraction of sp³-hybridized carbons (Fsp3) is 0.348. The molecule has 28 heavy (non-hydrogen) atoms. The first kappa shape index (κ1) is 18.7. The second kappa shape index (κ2) is 8.17. The molecule has 5 nitrogen and oxygen atoms in total. The second-order valence-electron chi connectivity index (χ2n) is 7.62. The second-order valence-corrected chi connectivity index (χ2v) is 7.62. The summed E-state index contributed by atoms with van der Waals surface area (Å²) in [6.45, 7) is 8.73. The quantitative estimate of drug-likeness (QED) is 0.605. The number of piperazine rings is 1. The molecule has 0 atom stereocenters. The highest BCUT2D eigenvalue weighted by Crippen LogP contribution is 2.24. The third-order valence-corrected chi connectivity index (χ3v) is 5.96. The highest BCUT2D eigenvalue weighted by Gasteiger charge is 2.25. The van der Waals surface area contributed by atoms with Crippen LogP contribution in [0.4, 0.5) is 0 Å². The zero-order valence-electron chi connectivity index (χ0n) is 16.7. The van der Waals surface area contributed by atoms with Crippen molar-refractivity contribution in [3.05, 3.63) is 64.3 Å². The number of quaternary nitrogens is 2. The predicted molar refractivity (Wildman–Crippen MR) is 112 cm³/mol. The maximum absolute atomic E-state index is 13.5. The third kappa shape index (κ3) is 3.68. The van der Waals surface area contributed by atoms with Gasteiger partial charge in [0, 0.05) is 5.39 Å². The maximum Gasteiger partial charge on any atom is 0.199 e.